The first kappa shape index (κ1) is 19.9. The highest BCUT2D eigenvalue weighted by Crippen LogP contribution is 2.42. The molecule has 2 aromatic carbocycles. The van der Waals surface area contributed by atoms with Crippen molar-refractivity contribution in [3.63, 3.8) is 0 Å². The maximum absolute atomic E-state index is 13.3. The quantitative estimate of drug-likeness (QED) is 0.757. The van der Waals surface area contributed by atoms with Gasteiger partial charge in [0.1, 0.15) is 11.6 Å². The molecule has 1 aliphatic rings. The van der Waals surface area contributed by atoms with Gasteiger partial charge in [0.05, 0.1) is 18.2 Å². The van der Waals surface area contributed by atoms with Gasteiger partial charge in [0, 0.05) is 0 Å². The van der Waals surface area contributed by atoms with Gasteiger partial charge in [-0.05, 0) is 49.6 Å². The lowest BCUT2D eigenvalue weighted by Crippen LogP contribution is -2.39. The number of carbonyl (C=O) groups is 2. The van der Waals surface area contributed by atoms with E-state index in [1.807, 2.05) is 0 Å². The Hall–Kier alpha value is -2.89. The lowest BCUT2D eigenvalue weighted by molar-refractivity contribution is -0.159. The van der Waals surface area contributed by atoms with Gasteiger partial charge in [0.2, 0.25) is 0 Å². The normalized spacial score (nSPS) is 16.2. The second-order valence-corrected chi connectivity index (χ2v) is 7.03. The number of nitrogens with one attached hydrogen (secondary N) is 1. The summed E-state index contributed by atoms with van der Waals surface area (Å²) >= 11 is 0. The van der Waals surface area contributed by atoms with Gasteiger partial charge in [0.15, 0.2) is 6.10 Å². The summed E-state index contributed by atoms with van der Waals surface area (Å²) in [6.45, 7) is 1.54. The van der Waals surface area contributed by atoms with E-state index in [4.69, 9.17) is 9.47 Å². The van der Waals surface area contributed by atoms with Crippen molar-refractivity contribution < 1.29 is 23.5 Å². The predicted octanol–water partition coefficient (Wildman–Crippen LogP) is 4.22. The van der Waals surface area contributed by atoms with Crippen LogP contribution in [0, 0.1) is 5.82 Å². The summed E-state index contributed by atoms with van der Waals surface area (Å²) in [4.78, 5) is 25.5. The minimum absolute atomic E-state index is 0.352. The SMILES string of the molecule is COc1ccccc1NC(=O)[C@H](C)OC(=O)C1(c2ccc(F)cc2)CCCC1. The number of hydrogen-bond donors (Lipinski definition) is 1. The first-order valence-corrected chi connectivity index (χ1v) is 9.37. The summed E-state index contributed by atoms with van der Waals surface area (Å²) in [5.74, 6) is -0.716. The van der Waals surface area contributed by atoms with Gasteiger partial charge in [-0.15, -0.1) is 0 Å². The van der Waals surface area contributed by atoms with Crippen LogP contribution in [-0.2, 0) is 19.7 Å². The Morgan fingerprint density at radius 1 is 1.07 bits per heavy atom. The molecule has 0 saturated heterocycles. The van der Waals surface area contributed by atoms with Crippen molar-refractivity contribution >= 4 is 17.6 Å². The molecule has 0 bridgehead atoms. The van der Waals surface area contributed by atoms with Crippen LogP contribution in [0.15, 0.2) is 48.5 Å². The van der Waals surface area contributed by atoms with Gasteiger partial charge < -0.3 is 14.8 Å². The second kappa shape index (κ2) is 8.42. The Morgan fingerprint density at radius 3 is 2.36 bits per heavy atom. The van der Waals surface area contributed by atoms with Gasteiger partial charge in [0.25, 0.3) is 5.91 Å². The summed E-state index contributed by atoms with van der Waals surface area (Å²) in [5.41, 5.74) is 0.410. The van der Waals surface area contributed by atoms with Crippen molar-refractivity contribution in [2.75, 3.05) is 12.4 Å². The van der Waals surface area contributed by atoms with Crippen molar-refractivity contribution in [1.82, 2.24) is 0 Å². The highest BCUT2D eigenvalue weighted by molar-refractivity contribution is 5.97. The van der Waals surface area contributed by atoms with Crippen molar-refractivity contribution in [3.05, 3.63) is 59.9 Å². The third kappa shape index (κ3) is 4.01. The van der Waals surface area contributed by atoms with E-state index in [2.05, 4.69) is 5.32 Å². The van der Waals surface area contributed by atoms with E-state index in [1.54, 1.807) is 36.4 Å². The summed E-state index contributed by atoms with van der Waals surface area (Å²) < 4.78 is 24.1. The lowest BCUT2D eigenvalue weighted by Gasteiger charge is -2.28. The van der Waals surface area contributed by atoms with Crippen LogP contribution in [0.25, 0.3) is 0 Å². The minimum Gasteiger partial charge on any atom is -0.495 e. The smallest absolute Gasteiger partial charge is 0.317 e. The second-order valence-electron chi connectivity index (χ2n) is 7.03. The van der Waals surface area contributed by atoms with Gasteiger partial charge in [-0.2, -0.15) is 0 Å². The average molecular weight is 385 g/mol. The van der Waals surface area contributed by atoms with Crippen molar-refractivity contribution in [1.29, 1.82) is 0 Å². The molecular formula is C22H24FNO4. The van der Waals surface area contributed by atoms with Crippen LogP contribution in [0.4, 0.5) is 10.1 Å². The lowest BCUT2D eigenvalue weighted by atomic mass is 9.79. The van der Waals surface area contributed by atoms with E-state index in [0.29, 0.717) is 24.3 Å². The van der Waals surface area contributed by atoms with Crippen LogP contribution >= 0.6 is 0 Å². The molecule has 3 rings (SSSR count). The van der Waals surface area contributed by atoms with E-state index in [-0.39, 0.29) is 5.82 Å². The Morgan fingerprint density at radius 2 is 1.71 bits per heavy atom. The number of amides is 1. The molecule has 1 aliphatic carbocycles. The van der Waals surface area contributed by atoms with Crippen LogP contribution in [0.2, 0.25) is 0 Å². The fraction of sp³-hybridized carbons (Fsp3) is 0.364. The number of esters is 1. The van der Waals surface area contributed by atoms with Gasteiger partial charge in [-0.3, -0.25) is 9.59 Å². The van der Waals surface area contributed by atoms with Crippen molar-refractivity contribution in [2.45, 2.75) is 44.1 Å². The molecule has 0 aliphatic heterocycles. The molecule has 1 amide bonds. The molecule has 2 aromatic rings. The Labute approximate surface area is 163 Å². The zero-order chi connectivity index (χ0) is 20.1. The standard InChI is InChI=1S/C22H24FNO4/c1-15(20(25)24-18-7-3-4-8-19(18)27-2)28-21(26)22(13-5-6-14-22)16-9-11-17(23)12-10-16/h3-4,7-12,15H,5-6,13-14H2,1-2H3,(H,24,25)/t15-/m0/s1. The maximum atomic E-state index is 13.3. The molecule has 5 nitrogen and oxygen atoms in total. The molecule has 0 heterocycles. The van der Waals surface area contributed by atoms with E-state index in [9.17, 15) is 14.0 Å². The molecule has 28 heavy (non-hydrogen) atoms. The predicted molar refractivity (Wildman–Crippen MR) is 104 cm³/mol. The summed E-state index contributed by atoms with van der Waals surface area (Å²) in [6.07, 6.45) is 2.04. The number of rotatable bonds is 6. The number of anilines is 1. The van der Waals surface area contributed by atoms with E-state index >= 15 is 0 Å². The minimum atomic E-state index is -0.977. The third-order valence-corrected chi connectivity index (χ3v) is 5.26. The van der Waals surface area contributed by atoms with E-state index < -0.39 is 23.4 Å². The third-order valence-electron chi connectivity index (χ3n) is 5.26. The van der Waals surface area contributed by atoms with E-state index in [1.165, 1.54) is 26.2 Å². The molecule has 1 saturated carbocycles. The van der Waals surface area contributed by atoms with Crippen molar-refractivity contribution in [3.8, 4) is 5.75 Å². The number of hydrogen-bond acceptors (Lipinski definition) is 4. The average Bonchev–Trinajstić information content (AvgIpc) is 3.20. The van der Waals surface area contributed by atoms with Gasteiger partial charge >= 0.3 is 5.97 Å². The number of halogens is 1. The molecule has 0 unspecified atom stereocenters. The fourth-order valence-electron chi connectivity index (χ4n) is 3.67. The number of benzene rings is 2. The van der Waals surface area contributed by atoms with Crippen LogP contribution in [0.3, 0.4) is 0 Å². The largest absolute Gasteiger partial charge is 0.495 e. The molecule has 0 spiro atoms. The van der Waals surface area contributed by atoms with Gasteiger partial charge in [-0.25, -0.2) is 4.39 Å². The Bertz CT molecular complexity index is 844. The van der Waals surface area contributed by atoms with Crippen LogP contribution in [0.5, 0.6) is 5.75 Å². The number of carbonyl (C=O) groups excluding carboxylic acids is 2. The summed E-state index contributed by atoms with van der Waals surface area (Å²) in [5, 5.41) is 2.73. The summed E-state index contributed by atoms with van der Waals surface area (Å²) in [6, 6.07) is 13.0. The first-order chi connectivity index (χ1) is 13.5. The maximum Gasteiger partial charge on any atom is 0.317 e. The monoisotopic (exact) mass is 385 g/mol. The molecule has 148 valence electrons. The number of methoxy groups -OCH3 is 1. The first-order valence-electron chi connectivity index (χ1n) is 9.37. The molecule has 6 heteroatoms. The molecular weight excluding hydrogens is 361 g/mol. The zero-order valence-corrected chi connectivity index (χ0v) is 16.0. The van der Waals surface area contributed by atoms with E-state index in [0.717, 1.165) is 18.4 Å². The summed E-state index contributed by atoms with van der Waals surface area (Å²) in [7, 11) is 1.51. The molecule has 0 radical (unpaired) electrons. The molecule has 1 fully saturated rings. The highest BCUT2D eigenvalue weighted by atomic mass is 19.1. The number of para-hydroxylation sites is 2. The van der Waals surface area contributed by atoms with Gasteiger partial charge in [-0.1, -0.05) is 37.1 Å². The van der Waals surface area contributed by atoms with Crippen LogP contribution in [0.1, 0.15) is 38.2 Å². The van der Waals surface area contributed by atoms with Crippen LogP contribution < -0.4 is 10.1 Å². The molecule has 1 atom stereocenters. The van der Waals surface area contributed by atoms with Crippen molar-refractivity contribution in [2.24, 2.45) is 0 Å². The molecule has 0 aromatic heterocycles. The van der Waals surface area contributed by atoms with Crippen LogP contribution in [-0.4, -0.2) is 25.1 Å². The zero-order valence-electron chi connectivity index (χ0n) is 16.0. The topological polar surface area (TPSA) is 64.6 Å². The Kier molecular flexibility index (Phi) is 5.97. The highest BCUT2D eigenvalue weighted by Gasteiger charge is 2.45. The Balaban J connectivity index is 1.73. The number of ether oxygens (including phenoxy) is 2. The molecule has 1 N–H and O–H groups in total. The fourth-order valence-corrected chi connectivity index (χ4v) is 3.67.